The molecule has 1 heterocycles. The highest BCUT2D eigenvalue weighted by molar-refractivity contribution is 8.00. The Hall–Kier alpha value is -1.24. The number of likely N-dealkylation sites (N-methyl/N-ethyl adjacent to an activating group) is 1. The van der Waals surface area contributed by atoms with E-state index < -0.39 is 0 Å². The fourth-order valence-corrected chi connectivity index (χ4v) is 4.16. The normalized spacial score (nSPS) is 18.9. The van der Waals surface area contributed by atoms with E-state index in [0.29, 0.717) is 11.3 Å². The summed E-state index contributed by atoms with van der Waals surface area (Å²) < 4.78 is 0. The van der Waals surface area contributed by atoms with E-state index in [1.807, 2.05) is 11.8 Å². The zero-order chi connectivity index (χ0) is 19.5. The van der Waals surface area contributed by atoms with Gasteiger partial charge in [0.15, 0.2) is 5.96 Å². The van der Waals surface area contributed by atoms with Crippen LogP contribution in [0.25, 0.3) is 0 Å². The second kappa shape index (κ2) is 12.3. The molecule has 1 aliphatic rings. The number of guanidine groups is 1. The van der Waals surface area contributed by atoms with Gasteiger partial charge in [0.25, 0.3) is 0 Å². The van der Waals surface area contributed by atoms with Crippen molar-refractivity contribution >= 4 is 17.7 Å². The molecule has 0 aromatic heterocycles. The average molecular weight is 392 g/mol. The van der Waals surface area contributed by atoms with Crippen molar-refractivity contribution in [2.24, 2.45) is 4.99 Å². The monoisotopic (exact) mass is 391 g/mol. The minimum atomic E-state index is 0.482. The summed E-state index contributed by atoms with van der Waals surface area (Å²) in [7, 11) is 0. The molecule has 5 nitrogen and oxygen atoms in total. The van der Waals surface area contributed by atoms with Gasteiger partial charge in [-0.2, -0.15) is 0 Å². The molecule has 2 atom stereocenters. The lowest BCUT2D eigenvalue weighted by Crippen LogP contribution is -2.50. The number of aliphatic imine (C=N–C) groups is 1. The number of nitrogens with zero attached hydrogens (tertiary/aromatic N) is 3. The SMILES string of the molecule is CCNC(=NCC(C)N1CCN(CC)CC1)NCC(C)Sc1ccccc1. The van der Waals surface area contributed by atoms with Crippen molar-refractivity contribution < 1.29 is 0 Å². The fraction of sp³-hybridized carbons (Fsp3) is 0.667. The molecule has 2 rings (SSSR count). The lowest BCUT2D eigenvalue weighted by Gasteiger charge is -2.37. The average Bonchev–Trinajstić information content (AvgIpc) is 2.70. The largest absolute Gasteiger partial charge is 0.357 e. The minimum Gasteiger partial charge on any atom is -0.357 e. The molecule has 1 saturated heterocycles. The molecule has 2 unspecified atom stereocenters. The van der Waals surface area contributed by atoms with Crippen LogP contribution in [0.3, 0.4) is 0 Å². The first-order chi connectivity index (χ1) is 13.1. The summed E-state index contributed by atoms with van der Waals surface area (Å²) in [6.07, 6.45) is 0. The number of thioether (sulfide) groups is 1. The molecule has 2 N–H and O–H groups in total. The predicted molar refractivity (Wildman–Crippen MR) is 119 cm³/mol. The molecular formula is C21H37N5S. The third-order valence-corrected chi connectivity index (χ3v) is 6.09. The first-order valence-electron chi connectivity index (χ1n) is 10.3. The van der Waals surface area contributed by atoms with Gasteiger partial charge in [0.2, 0.25) is 0 Å². The zero-order valence-electron chi connectivity index (χ0n) is 17.4. The molecule has 1 fully saturated rings. The Morgan fingerprint density at radius 2 is 1.78 bits per heavy atom. The first kappa shape index (κ1) is 22.1. The highest BCUT2D eigenvalue weighted by Gasteiger charge is 2.19. The molecule has 1 aromatic carbocycles. The van der Waals surface area contributed by atoms with E-state index in [9.17, 15) is 0 Å². The van der Waals surface area contributed by atoms with Crippen LogP contribution in [0.4, 0.5) is 0 Å². The molecule has 0 radical (unpaired) electrons. The molecule has 0 bridgehead atoms. The van der Waals surface area contributed by atoms with Crippen LogP contribution in [0.2, 0.25) is 0 Å². The maximum Gasteiger partial charge on any atom is 0.191 e. The number of hydrogen-bond donors (Lipinski definition) is 2. The van der Waals surface area contributed by atoms with Crippen LogP contribution >= 0.6 is 11.8 Å². The number of benzene rings is 1. The minimum absolute atomic E-state index is 0.482. The number of piperazine rings is 1. The Morgan fingerprint density at radius 3 is 2.41 bits per heavy atom. The summed E-state index contributed by atoms with van der Waals surface area (Å²) >= 11 is 1.89. The first-order valence-corrected chi connectivity index (χ1v) is 11.2. The fourth-order valence-electron chi connectivity index (χ4n) is 3.21. The lowest BCUT2D eigenvalue weighted by atomic mass is 10.2. The van der Waals surface area contributed by atoms with Crippen LogP contribution in [0.1, 0.15) is 27.7 Å². The topological polar surface area (TPSA) is 42.9 Å². The van der Waals surface area contributed by atoms with E-state index in [1.165, 1.54) is 18.0 Å². The summed E-state index contributed by atoms with van der Waals surface area (Å²) in [5, 5.41) is 7.37. The van der Waals surface area contributed by atoms with Gasteiger partial charge in [-0.3, -0.25) is 9.89 Å². The highest BCUT2D eigenvalue weighted by atomic mass is 32.2. The van der Waals surface area contributed by atoms with Gasteiger partial charge in [0, 0.05) is 55.5 Å². The summed E-state index contributed by atoms with van der Waals surface area (Å²) in [4.78, 5) is 11.2. The van der Waals surface area contributed by atoms with Crippen LogP contribution in [0.15, 0.2) is 40.2 Å². The molecule has 0 amide bonds. The van der Waals surface area contributed by atoms with Gasteiger partial charge in [-0.05, 0) is 32.5 Å². The van der Waals surface area contributed by atoms with Crippen molar-refractivity contribution in [3.63, 3.8) is 0 Å². The Bertz CT molecular complexity index is 543. The van der Waals surface area contributed by atoms with E-state index in [1.54, 1.807) is 0 Å². The van der Waals surface area contributed by atoms with Gasteiger partial charge in [-0.15, -0.1) is 11.8 Å². The Morgan fingerprint density at radius 1 is 1.07 bits per heavy atom. The van der Waals surface area contributed by atoms with Crippen molar-refractivity contribution in [3.8, 4) is 0 Å². The van der Waals surface area contributed by atoms with Gasteiger partial charge >= 0.3 is 0 Å². The van der Waals surface area contributed by atoms with Gasteiger partial charge in [-0.1, -0.05) is 32.0 Å². The zero-order valence-corrected chi connectivity index (χ0v) is 18.3. The predicted octanol–water partition coefficient (Wildman–Crippen LogP) is 2.75. The molecule has 152 valence electrons. The summed E-state index contributed by atoms with van der Waals surface area (Å²) in [5.41, 5.74) is 0. The maximum atomic E-state index is 4.84. The molecule has 1 aliphatic heterocycles. The standard InChI is InChI=1S/C21H37N5S/c1-5-22-21(24-17-19(4)27-20-10-8-7-9-11-20)23-16-18(3)26-14-12-25(6-2)13-15-26/h7-11,18-19H,5-6,12-17H2,1-4H3,(H2,22,23,24). The smallest absolute Gasteiger partial charge is 0.191 e. The second-order valence-electron chi connectivity index (χ2n) is 7.16. The molecule has 0 spiro atoms. The van der Waals surface area contributed by atoms with Gasteiger partial charge in [0.05, 0.1) is 6.54 Å². The van der Waals surface area contributed by atoms with Crippen molar-refractivity contribution in [2.75, 3.05) is 52.4 Å². The summed E-state index contributed by atoms with van der Waals surface area (Å²) in [6, 6.07) is 11.1. The third-order valence-electron chi connectivity index (χ3n) is 4.97. The van der Waals surface area contributed by atoms with Crippen LogP contribution in [-0.4, -0.2) is 79.4 Å². The summed E-state index contributed by atoms with van der Waals surface area (Å²) in [6.45, 7) is 17.3. The van der Waals surface area contributed by atoms with E-state index in [0.717, 1.165) is 45.2 Å². The molecule has 0 saturated carbocycles. The number of hydrogen-bond acceptors (Lipinski definition) is 4. The molecule has 1 aromatic rings. The number of rotatable bonds is 9. The maximum absolute atomic E-state index is 4.84. The van der Waals surface area contributed by atoms with Gasteiger partial charge in [0.1, 0.15) is 0 Å². The van der Waals surface area contributed by atoms with Crippen LogP contribution in [0, 0.1) is 0 Å². The van der Waals surface area contributed by atoms with Crippen molar-refractivity contribution in [2.45, 2.75) is 43.9 Å². The lowest BCUT2D eigenvalue weighted by molar-refractivity contribution is 0.109. The number of nitrogens with one attached hydrogen (secondary N) is 2. The Labute approximate surface area is 170 Å². The Balaban J connectivity index is 1.77. The van der Waals surface area contributed by atoms with E-state index in [2.05, 4.69) is 78.5 Å². The van der Waals surface area contributed by atoms with Gasteiger partial charge in [-0.25, -0.2) is 0 Å². The van der Waals surface area contributed by atoms with E-state index >= 15 is 0 Å². The molecule has 6 heteroatoms. The van der Waals surface area contributed by atoms with Crippen molar-refractivity contribution in [3.05, 3.63) is 30.3 Å². The quantitative estimate of drug-likeness (QED) is 0.385. The molecule has 0 aliphatic carbocycles. The van der Waals surface area contributed by atoms with Gasteiger partial charge < -0.3 is 15.5 Å². The van der Waals surface area contributed by atoms with E-state index in [4.69, 9.17) is 4.99 Å². The van der Waals surface area contributed by atoms with Crippen LogP contribution in [-0.2, 0) is 0 Å². The Kier molecular flexibility index (Phi) is 10.0. The third kappa shape index (κ3) is 8.11. The van der Waals surface area contributed by atoms with E-state index in [-0.39, 0.29) is 0 Å². The van der Waals surface area contributed by atoms with Crippen LogP contribution < -0.4 is 10.6 Å². The second-order valence-corrected chi connectivity index (χ2v) is 8.67. The summed E-state index contributed by atoms with van der Waals surface area (Å²) in [5.74, 6) is 0.928. The van der Waals surface area contributed by atoms with Crippen molar-refractivity contribution in [1.29, 1.82) is 0 Å². The highest BCUT2D eigenvalue weighted by Crippen LogP contribution is 2.21. The molecular weight excluding hydrogens is 354 g/mol. The van der Waals surface area contributed by atoms with Crippen LogP contribution in [0.5, 0.6) is 0 Å². The van der Waals surface area contributed by atoms with Crippen molar-refractivity contribution in [1.82, 2.24) is 20.4 Å². The molecule has 27 heavy (non-hydrogen) atoms.